The van der Waals surface area contributed by atoms with E-state index in [1.807, 2.05) is 13.0 Å². The van der Waals surface area contributed by atoms with Crippen LogP contribution in [0.5, 0.6) is 0 Å². The van der Waals surface area contributed by atoms with Crippen molar-refractivity contribution in [1.29, 1.82) is 0 Å². The summed E-state index contributed by atoms with van der Waals surface area (Å²) < 4.78 is 4.90. The molecule has 0 fully saturated rings. The number of nitrogens with one attached hydrogen (secondary N) is 2. The average molecular weight is 327 g/mol. The number of pyridine rings is 1. The highest BCUT2D eigenvalue weighted by Crippen LogP contribution is 2.19. The van der Waals surface area contributed by atoms with E-state index in [4.69, 9.17) is 4.74 Å². The lowest BCUT2D eigenvalue weighted by Crippen LogP contribution is -2.32. The number of fused-ring (bicyclic) bond motifs is 1. The fraction of sp³-hybridized carbons (Fsp3) is 0.294. The van der Waals surface area contributed by atoms with Crippen LogP contribution in [0.4, 0.5) is 0 Å². The van der Waals surface area contributed by atoms with Crippen LogP contribution >= 0.6 is 0 Å². The van der Waals surface area contributed by atoms with E-state index < -0.39 is 11.4 Å². The van der Waals surface area contributed by atoms with Crippen molar-refractivity contribution in [2.24, 2.45) is 11.0 Å². The molecule has 0 bridgehead atoms. The van der Waals surface area contributed by atoms with Crippen LogP contribution in [-0.4, -0.2) is 29.2 Å². The van der Waals surface area contributed by atoms with Crippen LogP contribution in [0.15, 0.2) is 34.3 Å². The lowest BCUT2D eigenvalue weighted by atomic mass is 9.93. The number of hydrogen-bond acceptors (Lipinski definition) is 5. The molecule has 1 aliphatic heterocycles. The first-order valence-electron chi connectivity index (χ1n) is 7.70. The number of hydrazone groups is 1. The lowest BCUT2D eigenvalue weighted by molar-refractivity contribution is -0.121. The van der Waals surface area contributed by atoms with Gasteiger partial charge in [0, 0.05) is 29.4 Å². The third kappa shape index (κ3) is 2.80. The van der Waals surface area contributed by atoms with Gasteiger partial charge in [-0.2, -0.15) is 5.10 Å². The van der Waals surface area contributed by atoms with Gasteiger partial charge in [-0.05, 0) is 24.6 Å². The van der Waals surface area contributed by atoms with Crippen LogP contribution in [0.2, 0.25) is 0 Å². The van der Waals surface area contributed by atoms with Gasteiger partial charge in [0.1, 0.15) is 5.56 Å². The molecule has 1 aromatic carbocycles. The molecular formula is C17H17N3O4. The van der Waals surface area contributed by atoms with Crippen LogP contribution in [0.3, 0.4) is 0 Å². The molecular weight excluding hydrogens is 310 g/mol. The van der Waals surface area contributed by atoms with E-state index in [1.165, 1.54) is 6.20 Å². The van der Waals surface area contributed by atoms with Gasteiger partial charge in [0.05, 0.1) is 12.3 Å². The van der Waals surface area contributed by atoms with Crippen molar-refractivity contribution in [1.82, 2.24) is 10.4 Å². The van der Waals surface area contributed by atoms with Crippen molar-refractivity contribution in [3.63, 3.8) is 0 Å². The number of nitrogens with zero attached hydrogens (tertiary/aromatic N) is 1. The number of ether oxygens (including phenoxy) is 1. The monoisotopic (exact) mass is 327 g/mol. The number of rotatable bonds is 3. The zero-order chi connectivity index (χ0) is 17.3. The number of carbonyl (C=O) groups excluding carboxylic acids is 2. The fourth-order valence-electron chi connectivity index (χ4n) is 2.74. The standard InChI is InChI=1S/C17H17N3O4/c1-3-24-17(23)12-8-18-13-5-4-10(7-11(13)16(12)22)15-9(2)6-14(21)19-20-15/h4-5,7-9H,3,6H2,1-2H3,(H,18,22)(H,19,21). The number of benzene rings is 1. The molecule has 3 rings (SSSR count). The maximum Gasteiger partial charge on any atom is 0.343 e. The number of amides is 1. The SMILES string of the molecule is CCOC(=O)c1c[nH]c2ccc(C3=NNC(=O)CC3C)cc2c1=O. The molecule has 1 unspecified atom stereocenters. The molecule has 1 atom stereocenters. The van der Waals surface area contributed by atoms with Gasteiger partial charge in [-0.15, -0.1) is 0 Å². The van der Waals surface area contributed by atoms with Gasteiger partial charge in [0.2, 0.25) is 11.3 Å². The number of aromatic amines is 1. The summed E-state index contributed by atoms with van der Waals surface area (Å²) in [4.78, 5) is 38.8. The summed E-state index contributed by atoms with van der Waals surface area (Å²) in [6.45, 7) is 3.79. The predicted molar refractivity (Wildman–Crippen MR) is 89.0 cm³/mol. The van der Waals surface area contributed by atoms with E-state index in [0.717, 1.165) is 5.56 Å². The Morgan fingerprint density at radius 1 is 1.38 bits per heavy atom. The van der Waals surface area contributed by atoms with Gasteiger partial charge in [-0.25, -0.2) is 10.2 Å². The molecule has 0 saturated carbocycles. The van der Waals surface area contributed by atoms with Gasteiger partial charge < -0.3 is 9.72 Å². The zero-order valence-corrected chi connectivity index (χ0v) is 13.4. The van der Waals surface area contributed by atoms with Crippen LogP contribution in [0, 0.1) is 5.92 Å². The topological polar surface area (TPSA) is 101 Å². The van der Waals surface area contributed by atoms with Crippen LogP contribution in [0.25, 0.3) is 10.9 Å². The van der Waals surface area contributed by atoms with Crippen molar-refractivity contribution >= 4 is 28.5 Å². The Bertz CT molecular complexity index is 914. The van der Waals surface area contributed by atoms with Gasteiger partial charge >= 0.3 is 5.97 Å². The molecule has 0 aliphatic carbocycles. The highest BCUT2D eigenvalue weighted by Gasteiger charge is 2.22. The number of carbonyl (C=O) groups is 2. The Balaban J connectivity index is 2.10. The summed E-state index contributed by atoms with van der Waals surface area (Å²) in [6.07, 6.45) is 1.71. The molecule has 2 heterocycles. The smallest absolute Gasteiger partial charge is 0.343 e. The maximum absolute atomic E-state index is 12.6. The first-order valence-corrected chi connectivity index (χ1v) is 7.70. The molecule has 1 aliphatic rings. The summed E-state index contributed by atoms with van der Waals surface area (Å²) in [7, 11) is 0. The second-order valence-corrected chi connectivity index (χ2v) is 5.65. The zero-order valence-electron chi connectivity index (χ0n) is 13.4. The molecule has 24 heavy (non-hydrogen) atoms. The van der Waals surface area contributed by atoms with Gasteiger partial charge in [-0.3, -0.25) is 9.59 Å². The Hall–Kier alpha value is -2.96. The minimum Gasteiger partial charge on any atom is -0.462 e. The van der Waals surface area contributed by atoms with E-state index in [0.29, 0.717) is 23.0 Å². The van der Waals surface area contributed by atoms with Gasteiger partial charge in [-0.1, -0.05) is 13.0 Å². The fourth-order valence-corrected chi connectivity index (χ4v) is 2.74. The third-order valence-electron chi connectivity index (χ3n) is 3.93. The van der Waals surface area contributed by atoms with E-state index >= 15 is 0 Å². The predicted octanol–water partition coefficient (Wildman–Crippen LogP) is 1.56. The summed E-state index contributed by atoms with van der Waals surface area (Å²) in [5, 5.41) is 4.48. The van der Waals surface area contributed by atoms with Gasteiger partial charge in [0.15, 0.2) is 0 Å². The first kappa shape index (κ1) is 15.9. The first-order chi connectivity index (χ1) is 11.5. The van der Waals surface area contributed by atoms with Crippen LogP contribution < -0.4 is 10.9 Å². The van der Waals surface area contributed by atoms with Crippen molar-refractivity contribution in [3.05, 3.63) is 45.7 Å². The summed E-state index contributed by atoms with van der Waals surface area (Å²) >= 11 is 0. The number of hydrogen-bond donors (Lipinski definition) is 2. The highest BCUT2D eigenvalue weighted by atomic mass is 16.5. The highest BCUT2D eigenvalue weighted by molar-refractivity contribution is 6.07. The van der Waals surface area contributed by atoms with Crippen LogP contribution in [-0.2, 0) is 9.53 Å². The third-order valence-corrected chi connectivity index (χ3v) is 3.93. The van der Waals surface area contributed by atoms with E-state index in [9.17, 15) is 14.4 Å². The summed E-state index contributed by atoms with van der Waals surface area (Å²) in [5.41, 5.74) is 4.09. The number of H-pyrrole nitrogens is 1. The minimum atomic E-state index is -0.651. The van der Waals surface area contributed by atoms with Gasteiger partial charge in [0.25, 0.3) is 0 Å². The molecule has 2 N–H and O–H groups in total. The molecule has 2 aromatic rings. The molecule has 7 heteroatoms. The van der Waals surface area contributed by atoms with Crippen LogP contribution in [0.1, 0.15) is 36.2 Å². The molecule has 0 saturated heterocycles. The molecule has 0 radical (unpaired) electrons. The molecule has 7 nitrogen and oxygen atoms in total. The number of esters is 1. The lowest BCUT2D eigenvalue weighted by Gasteiger charge is -2.19. The quantitative estimate of drug-likeness (QED) is 0.836. The molecule has 1 amide bonds. The van der Waals surface area contributed by atoms with Crippen molar-refractivity contribution in [2.75, 3.05) is 6.61 Å². The molecule has 1 aromatic heterocycles. The Morgan fingerprint density at radius 3 is 2.88 bits per heavy atom. The number of aromatic nitrogens is 1. The van der Waals surface area contributed by atoms with Crippen molar-refractivity contribution < 1.29 is 14.3 Å². The maximum atomic E-state index is 12.6. The molecule has 124 valence electrons. The van der Waals surface area contributed by atoms with Crippen molar-refractivity contribution in [3.8, 4) is 0 Å². The average Bonchev–Trinajstić information content (AvgIpc) is 2.55. The Labute approximate surface area is 137 Å². The summed E-state index contributed by atoms with van der Waals surface area (Å²) in [5.74, 6) is -0.834. The van der Waals surface area contributed by atoms with E-state index in [-0.39, 0.29) is 24.0 Å². The largest absolute Gasteiger partial charge is 0.462 e. The summed E-state index contributed by atoms with van der Waals surface area (Å²) in [6, 6.07) is 5.27. The Kier molecular flexibility index (Phi) is 4.16. The second-order valence-electron chi connectivity index (χ2n) is 5.65. The van der Waals surface area contributed by atoms with Crippen molar-refractivity contribution in [2.45, 2.75) is 20.3 Å². The van der Waals surface area contributed by atoms with E-state index in [2.05, 4.69) is 15.5 Å². The second kappa shape index (κ2) is 6.27. The molecule has 0 spiro atoms. The normalized spacial score (nSPS) is 17.3. The van der Waals surface area contributed by atoms with E-state index in [1.54, 1.807) is 19.1 Å². The minimum absolute atomic E-state index is 0.0339. The Morgan fingerprint density at radius 2 is 2.17 bits per heavy atom.